The first-order valence-corrected chi connectivity index (χ1v) is 12.0. The van der Waals surface area contributed by atoms with E-state index in [0.717, 1.165) is 35.2 Å². The molecule has 0 radical (unpaired) electrons. The largest absolute Gasteiger partial charge is 0.475 e. The molecule has 1 aliphatic rings. The zero-order valence-electron chi connectivity index (χ0n) is 20.5. The third kappa shape index (κ3) is 6.82. The Hall–Kier alpha value is -3.61. The van der Waals surface area contributed by atoms with Gasteiger partial charge in [-0.3, -0.25) is 4.79 Å². The number of anilines is 1. The molecule has 0 unspecified atom stereocenters. The van der Waals surface area contributed by atoms with Crippen LogP contribution in [0.3, 0.4) is 0 Å². The summed E-state index contributed by atoms with van der Waals surface area (Å²) in [6.45, 7) is 2.50. The number of aryl methyl sites for hydroxylation is 1. The van der Waals surface area contributed by atoms with E-state index < -0.39 is 36.2 Å². The number of pyridine rings is 1. The average molecular weight is 533 g/mol. The maximum atomic E-state index is 13.0. The van der Waals surface area contributed by atoms with E-state index >= 15 is 0 Å². The van der Waals surface area contributed by atoms with Crippen LogP contribution >= 0.6 is 0 Å². The first kappa shape index (κ1) is 27.4. The second-order valence-electron chi connectivity index (χ2n) is 8.92. The van der Waals surface area contributed by atoms with Gasteiger partial charge in [0.2, 0.25) is 5.88 Å². The van der Waals surface area contributed by atoms with E-state index in [0.29, 0.717) is 31.3 Å². The number of hydrogen-bond acceptors (Lipinski definition) is 8. The number of amides is 1. The number of ether oxygens (including phenoxy) is 2. The molecule has 4 rings (SSSR count). The molecule has 3 N–H and O–H groups in total. The Bertz CT molecular complexity index is 1280. The lowest BCUT2D eigenvalue weighted by molar-refractivity contribution is -0.141. The van der Waals surface area contributed by atoms with E-state index in [2.05, 4.69) is 20.3 Å². The lowest BCUT2D eigenvalue weighted by atomic mass is 9.92. The van der Waals surface area contributed by atoms with Crippen molar-refractivity contribution in [3.63, 3.8) is 0 Å². The molecule has 0 saturated carbocycles. The third-order valence-corrected chi connectivity index (χ3v) is 6.09. The number of nitrogens with one attached hydrogen (secondary N) is 1. The minimum Gasteiger partial charge on any atom is -0.475 e. The standard InChI is InChI=1S/C26H27F3N4O5/c1-15-2-3-18(32-25(36)22-11-23(26(27,28)29)31-14-30-22)10-20(15)17-8-21(16-4-6-37-7-5-16)33-24(9-17)38-13-19(35)12-34/h2-3,8-11,14,16,19,34-35H,4-7,12-13H2,1H3,(H,32,36)/t19-/m1/s1. The Morgan fingerprint density at radius 2 is 1.95 bits per heavy atom. The van der Waals surface area contributed by atoms with E-state index in [1.165, 1.54) is 0 Å². The summed E-state index contributed by atoms with van der Waals surface area (Å²) in [7, 11) is 0. The van der Waals surface area contributed by atoms with Gasteiger partial charge in [-0.25, -0.2) is 15.0 Å². The third-order valence-electron chi connectivity index (χ3n) is 6.09. The molecular formula is C26H27F3N4O5. The summed E-state index contributed by atoms with van der Waals surface area (Å²) in [6.07, 6.45) is -3.51. The van der Waals surface area contributed by atoms with Gasteiger partial charge in [0, 0.05) is 42.6 Å². The van der Waals surface area contributed by atoms with Crippen molar-refractivity contribution in [2.45, 2.75) is 38.0 Å². The molecule has 2 aromatic heterocycles. The van der Waals surface area contributed by atoms with Crippen LogP contribution < -0.4 is 10.1 Å². The van der Waals surface area contributed by atoms with Crippen LogP contribution in [0.1, 0.15) is 46.2 Å². The van der Waals surface area contributed by atoms with Crippen LogP contribution in [0.2, 0.25) is 0 Å². The molecule has 0 spiro atoms. The molecule has 1 amide bonds. The lowest BCUT2D eigenvalue weighted by Crippen LogP contribution is -2.22. The van der Waals surface area contributed by atoms with E-state index in [1.807, 2.05) is 13.0 Å². The molecular weight excluding hydrogens is 505 g/mol. The molecule has 0 bridgehead atoms. The van der Waals surface area contributed by atoms with E-state index in [9.17, 15) is 23.1 Å². The van der Waals surface area contributed by atoms with Gasteiger partial charge < -0.3 is 25.0 Å². The van der Waals surface area contributed by atoms with Crippen LogP contribution in [0, 0.1) is 6.92 Å². The van der Waals surface area contributed by atoms with Crippen LogP contribution in [-0.4, -0.2) is 63.6 Å². The second kappa shape index (κ2) is 11.8. The normalized spacial score (nSPS) is 15.2. The predicted octanol–water partition coefficient (Wildman–Crippen LogP) is 3.74. The number of carbonyl (C=O) groups excluding carboxylic acids is 1. The van der Waals surface area contributed by atoms with E-state index in [-0.39, 0.29) is 18.4 Å². The van der Waals surface area contributed by atoms with Gasteiger partial charge in [0.15, 0.2) is 0 Å². The summed E-state index contributed by atoms with van der Waals surface area (Å²) in [5.74, 6) is -0.407. The number of hydrogen-bond donors (Lipinski definition) is 3. The number of aliphatic hydroxyl groups excluding tert-OH is 2. The van der Waals surface area contributed by atoms with Crippen LogP contribution in [-0.2, 0) is 10.9 Å². The van der Waals surface area contributed by atoms with Crippen molar-refractivity contribution in [1.29, 1.82) is 0 Å². The number of aromatic nitrogens is 3. The van der Waals surface area contributed by atoms with Crippen LogP contribution in [0.25, 0.3) is 11.1 Å². The van der Waals surface area contributed by atoms with Gasteiger partial charge in [-0.05, 0) is 54.7 Å². The number of halogens is 3. The quantitative estimate of drug-likeness (QED) is 0.401. The highest BCUT2D eigenvalue weighted by molar-refractivity contribution is 6.03. The van der Waals surface area contributed by atoms with Crippen molar-refractivity contribution in [2.75, 3.05) is 31.7 Å². The summed E-state index contributed by atoms with van der Waals surface area (Å²) in [5.41, 5.74) is 1.86. The number of nitrogens with zero attached hydrogens (tertiary/aromatic N) is 3. The zero-order chi connectivity index (χ0) is 27.3. The summed E-state index contributed by atoms with van der Waals surface area (Å²) in [6, 6.07) is 9.33. The summed E-state index contributed by atoms with van der Waals surface area (Å²) in [5, 5.41) is 21.4. The van der Waals surface area contributed by atoms with Crippen molar-refractivity contribution in [2.24, 2.45) is 0 Å². The van der Waals surface area contributed by atoms with Crippen LogP contribution in [0.4, 0.5) is 18.9 Å². The fourth-order valence-corrected chi connectivity index (χ4v) is 4.03. The maximum absolute atomic E-state index is 13.0. The molecule has 38 heavy (non-hydrogen) atoms. The molecule has 3 aromatic rings. The Kier molecular flexibility index (Phi) is 8.55. The van der Waals surface area contributed by atoms with E-state index in [4.69, 9.17) is 14.6 Å². The molecule has 9 nitrogen and oxygen atoms in total. The lowest BCUT2D eigenvalue weighted by Gasteiger charge is -2.23. The fourth-order valence-electron chi connectivity index (χ4n) is 4.03. The van der Waals surface area contributed by atoms with Crippen molar-refractivity contribution in [3.8, 4) is 17.0 Å². The number of benzene rings is 1. The Labute approximate surface area is 216 Å². The molecule has 1 saturated heterocycles. The molecule has 3 heterocycles. The van der Waals surface area contributed by atoms with Gasteiger partial charge in [-0.2, -0.15) is 13.2 Å². The minimum absolute atomic E-state index is 0.137. The van der Waals surface area contributed by atoms with Crippen molar-refractivity contribution < 1.29 is 37.7 Å². The Balaban J connectivity index is 1.64. The van der Waals surface area contributed by atoms with Gasteiger partial charge in [-0.1, -0.05) is 6.07 Å². The van der Waals surface area contributed by atoms with Crippen LogP contribution in [0.15, 0.2) is 42.7 Å². The fraction of sp³-hybridized carbons (Fsp3) is 0.385. The zero-order valence-corrected chi connectivity index (χ0v) is 20.5. The van der Waals surface area contributed by atoms with Gasteiger partial charge in [0.1, 0.15) is 30.4 Å². The molecule has 202 valence electrons. The molecule has 12 heteroatoms. The minimum atomic E-state index is -4.70. The topological polar surface area (TPSA) is 127 Å². The van der Waals surface area contributed by atoms with E-state index in [1.54, 1.807) is 24.3 Å². The molecule has 1 atom stereocenters. The monoisotopic (exact) mass is 532 g/mol. The smallest absolute Gasteiger partial charge is 0.433 e. The number of rotatable bonds is 8. The number of aliphatic hydroxyl groups is 2. The SMILES string of the molecule is Cc1ccc(NC(=O)c2cc(C(F)(F)F)ncn2)cc1-c1cc(OC[C@H](O)CO)nc(C2CCOCC2)c1. The Morgan fingerprint density at radius 3 is 2.66 bits per heavy atom. The summed E-state index contributed by atoms with van der Waals surface area (Å²) in [4.78, 5) is 24.1. The first-order chi connectivity index (χ1) is 18.1. The average Bonchev–Trinajstić information content (AvgIpc) is 2.92. The van der Waals surface area contributed by atoms with Gasteiger partial charge >= 0.3 is 6.18 Å². The summed E-state index contributed by atoms with van der Waals surface area (Å²) < 4.78 is 50.1. The molecule has 1 fully saturated rings. The second-order valence-corrected chi connectivity index (χ2v) is 8.92. The highest BCUT2D eigenvalue weighted by atomic mass is 19.4. The predicted molar refractivity (Wildman–Crippen MR) is 131 cm³/mol. The number of carbonyl (C=O) groups is 1. The molecule has 0 aliphatic carbocycles. The molecule has 1 aliphatic heterocycles. The van der Waals surface area contributed by atoms with Crippen molar-refractivity contribution in [1.82, 2.24) is 15.0 Å². The van der Waals surface area contributed by atoms with Crippen LogP contribution in [0.5, 0.6) is 5.88 Å². The molecule has 1 aromatic carbocycles. The Morgan fingerprint density at radius 1 is 1.18 bits per heavy atom. The summed E-state index contributed by atoms with van der Waals surface area (Å²) >= 11 is 0. The van der Waals surface area contributed by atoms with Gasteiger partial charge in [0.05, 0.1) is 6.61 Å². The highest BCUT2D eigenvalue weighted by Crippen LogP contribution is 2.34. The van der Waals surface area contributed by atoms with Gasteiger partial charge in [0.25, 0.3) is 5.91 Å². The highest BCUT2D eigenvalue weighted by Gasteiger charge is 2.33. The van der Waals surface area contributed by atoms with Crippen molar-refractivity contribution >= 4 is 11.6 Å². The van der Waals surface area contributed by atoms with Gasteiger partial charge in [-0.15, -0.1) is 0 Å². The first-order valence-electron chi connectivity index (χ1n) is 12.0. The van der Waals surface area contributed by atoms with Crippen molar-refractivity contribution in [3.05, 3.63) is 65.4 Å². The number of alkyl halides is 3. The maximum Gasteiger partial charge on any atom is 0.433 e.